The molecule has 0 bridgehead atoms. The molecule has 1 aromatic carbocycles. The van der Waals surface area contributed by atoms with Gasteiger partial charge in [0.2, 0.25) is 0 Å². The second-order valence-electron chi connectivity index (χ2n) is 7.10. The summed E-state index contributed by atoms with van der Waals surface area (Å²) < 4.78 is 25.2. The van der Waals surface area contributed by atoms with E-state index in [1.54, 1.807) is 6.07 Å². The predicted octanol–water partition coefficient (Wildman–Crippen LogP) is 2.90. The molecular weight excluding hydrogens is 371 g/mol. The van der Waals surface area contributed by atoms with Crippen molar-refractivity contribution in [3.05, 3.63) is 59.3 Å². The van der Waals surface area contributed by atoms with Crippen molar-refractivity contribution in [1.29, 1.82) is 0 Å². The zero-order valence-electron chi connectivity index (χ0n) is 17.3. The molecule has 1 unspecified atom stereocenters. The lowest BCUT2D eigenvalue weighted by Crippen LogP contribution is -2.42. The van der Waals surface area contributed by atoms with E-state index in [-0.39, 0.29) is 11.9 Å². The monoisotopic (exact) mass is 402 g/mol. The van der Waals surface area contributed by atoms with Crippen LogP contribution in [0.4, 0.5) is 4.39 Å². The summed E-state index contributed by atoms with van der Waals surface area (Å²) >= 11 is 0. The molecular formula is C22H31FN4O2. The summed E-state index contributed by atoms with van der Waals surface area (Å²) in [4.78, 5) is 7.14. The number of hydrogen-bond donors (Lipinski definition) is 2. The van der Waals surface area contributed by atoms with Crippen LogP contribution in [0.1, 0.15) is 30.0 Å². The van der Waals surface area contributed by atoms with Crippen molar-refractivity contribution in [3.8, 4) is 0 Å². The van der Waals surface area contributed by atoms with Gasteiger partial charge in [-0.2, -0.15) is 0 Å². The van der Waals surface area contributed by atoms with Crippen LogP contribution in [0.25, 0.3) is 0 Å². The standard InChI is InChI=1S/C22H31FN4O2/c1-3-24-22(25-11-10-18-6-4-5-7-19(18)23)26-16-20(21-9-8-17(2)29-21)27-12-14-28-15-13-27/h4-9,20H,3,10-16H2,1-2H3,(H2,24,25,26). The van der Waals surface area contributed by atoms with Crippen LogP contribution in [0.3, 0.4) is 0 Å². The van der Waals surface area contributed by atoms with Crippen molar-refractivity contribution in [2.24, 2.45) is 4.99 Å². The SMILES string of the molecule is CCNC(=NCC(c1ccc(C)o1)N1CCOCC1)NCCc1ccccc1F. The quantitative estimate of drug-likeness (QED) is 0.525. The molecule has 6 nitrogen and oxygen atoms in total. The number of benzene rings is 1. The van der Waals surface area contributed by atoms with E-state index in [1.807, 2.05) is 38.1 Å². The topological polar surface area (TPSA) is 62.0 Å². The van der Waals surface area contributed by atoms with Crippen LogP contribution in [-0.4, -0.2) is 56.8 Å². The molecule has 1 aliphatic rings. The van der Waals surface area contributed by atoms with Gasteiger partial charge in [0.05, 0.1) is 25.8 Å². The Kier molecular flexibility index (Phi) is 8.07. The second kappa shape index (κ2) is 11.0. The predicted molar refractivity (Wildman–Crippen MR) is 113 cm³/mol. The van der Waals surface area contributed by atoms with Crippen LogP contribution in [0.15, 0.2) is 45.8 Å². The number of rotatable bonds is 8. The van der Waals surface area contributed by atoms with E-state index in [1.165, 1.54) is 6.07 Å². The zero-order valence-corrected chi connectivity index (χ0v) is 17.3. The van der Waals surface area contributed by atoms with Crippen LogP contribution < -0.4 is 10.6 Å². The summed E-state index contributed by atoms with van der Waals surface area (Å²) in [7, 11) is 0. The van der Waals surface area contributed by atoms with E-state index in [2.05, 4.69) is 15.5 Å². The fourth-order valence-electron chi connectivity index (χ4n) is 3.44. The zero-order chi connectivity index (χ0) is 20.5. The fourth-order valence-corrected chi connectivity index (χ4v) is 3.44. The maximum Gasteiger partial charge on any atom is 0.191 e. The van der Waals surface area contributed by atoms with Crippen molar-refractivity contribution in [2.45, 2.75) is 26.3 Å². The van der Waals surface area contributed by atoms with Gasteiger partial charge in [-0.15, -0.1) is 0 Å². The number of halogens is 1. The third-order valence-electron chi connectivity index (χ3n) is 4.99. The summed E-state index contributed by atoms with van der Waals surface area (Å²) in [6, 6.07) is 11.0. The molecule has 1 saturated heterocycles. The van der Waals surface area contributed by atoms with E-state index >= 15 is 0 Å². The summed E-state index contributed by atoms with van der Waals surface area (Å²) in [6.45, 7) is 9.08. The van der Waals surface area contributed by atoms with E-state index in [0.29, 0.717) is 25.1 Å². The molecule has 2 heterocycles. The highest BCUT2D eigenvalue weighted by molar-refractivity contribution is 5.79. The highest BCUT2D eigenvalue weighted by atomic mass is 19.1. The molecule has 7 heteroatoms. The first kappa shape index (κ1) is 21.3. The van der Waals surface area contributed by atoms with Crippen molar-refractivity contribution in [2.75, 3.05) is 45.9 Å². The largest absolute Gasteiger partial charge is 0.465 e. The van der Waals surface area contributed by atoms with Gasteiger partial charge in [-0.1, -0.05) is 18.2 Å². The Morgan fingerprint density at radius 2 is 1.97 bits per heavy atom. The minimum Gasteiger partial charge on any atom is -0.465 e. The first-order valence-electron chi connectivity index (χ1n) is 10.3. The van der Waals surface area contributed by atoms with Crippen LogP contribution >= 0.6 is 0 Å². The average molecular weight is 403 g/mol. The maximum atomic E-state index is 13.8. The van der Waals surface area contributed by atoms with Gasteiger partial charge >= 0.3 is 0 Å². The molecule has 29 heavy (non-hydrogen) atoms. The average Bonchev–Trinajstić information content (AvgIpc) is 3.16. The summed E-state index contributed by atoms with van der Waals surface area (Å²) in [5, 5.41) is 6.58. The Labute approximate surface area is 172 Å². The highest BCUT2D eigenvalue weighted by Crippen LogP contribution is 2.24. The Hall–Kier alpha value is -2.38. The smallest absolute Gasteiger partial charge is 0.191 e. The number of nitrogens with zero attached hydrogens (tertiary/aromatic N) is 2. The minimum atomic E-state index is -0.170. The molecule has 1 aromatic heterocycles. The first-order chi connectivity index (χ1) is 14.2. The van der Waals surface area contributed by atoms with E-state index in [4.69, 9.17) is 14.1 Å². The third kappa shape index (κ3) is 6.30. The van der Waals surface area contributed by atoms with E-state index in [9.17, 15) is 4.39 Å². The van der Waals surface area contributed by atoms with Crippen LogP contribution in [0.2, 0.25) is 0 Å². The van der Waals surface area contributed by atoms with Gasteiger partial charge in [0.1, 0.15) is 17.3 Å². The van der Waals surface area contributed by atoms with Gasteiger partial charge in [-0.3, -0.25) is 9.89 Å². The van der Waals surface area contributed by atoms with Gasteiger partial charge in [0.25, 0.3) is 0 Å². The lowest BCUT2D eigenvalue weighted by atomic mass is 10.1. The lowest BCUT2D eigenvalue weighted by Gasteiger charge is -2.32. The molecule has 0 amide bonds. The number of aryl methyl sites for hydroxylation is 1. The fraction of sp³-hybridized carbons (Fsp3) is 0.500. The van der Waals surface area contributed by atoms with Gasteiger partial charge < -0.3 is 19.8 Å². The second-order valence-corrected chi connectivity index (χ2v) is 7.10. The molecule has 158 valence electrons. The molecule has 2 N–H and O–H groups in total. The van der Waals surface area contributed by atoms with Gasteiger partial charge in [-0.25, -0.2) is 4.39 Å². The van der Waals surface area contributed by atoms with E-state index in [0.717, 1.165) is 50.3 Å². The molecule has 3 rings (SSSR count). The Balaban J connectivity index is 1.64. The normalized spacial score (nSPS) is 16.6. The van der Waals surface area contributed by atoms with Crippen molar-refractivity contribution in [1.82, 2.24) is 15.5 Å². The van der Waals surface area contributed by atoms with Gasteiger partial charge in [0, 0.05) is 26.2 Å². The third-order valence-corrected chi connectivity index (χ3v) is 4.99. The molecule has 0 radical (unpaired) electrons. The summed E-state index contributed by atoms with van der Waals surface area (Å²) in [5.74, 6) is 2.38. The molecule has 1 fully saturated rings. The van der Waals surface area contributed by atoms with Crippen LogP contribution in [0, 0.1) is 12.7 Å². The molecule has 2 aromatic rings. The Morgan fingerprint density at radius 1 is 1.17 bits per heavy atom. The Morgan fingerprint density at radius 3 is 2.66 bits per heavy atom. The lowest BCUT2D eigenvalue weighted by molar-refractivity contribution is 0.0135. The van der Waals surface area contributed by atoms with Crippen LogP contribution in [0.5, 0.6) is 0 Å². The highest BCUT2D eigenvalue weighted by Gasteiger charge is 2.25. The van der Waals surface area contributed by atoms with Gasteiger partial charge in [0.15, 0.2) is 5.96 Å². The molecule has 0 aliphatic carbocycles. The molecule has 0 saturated carbocycles. The number of nitrogens with one attached hydrogen (secondary N) is 2. The van der Waals surface area contributed by atoms with Crippen molar-refractivity contribution >= 4 is 5.96 Å². The first-order valence-corrected chi connectivity index (χ1v) is 10.3. The summed E-state index contributed by atoms with van der Waals surface area (Å²) in [5.41, 5.74) is 0.702. The number of furan rings is 1. The number of aliphatic imine (C=N–C) groups is 1. The number of ether oxygens (including phenoxy) is 1. The number of hydrogen-bond acceptors (Lipinski definition) is 4. The molecule has 0 spiro atoms. The molecule has 1 atom stereocenters. The van der Waals surface area contributed by atoms with Crippen molar-refractivity contribution < 1.29 is 13.5 Å². The minimum absolute atomic E-state index is 0.0645. The number of morpholine rings is 1. The van der Waals surface area contributed by atoms with E-state index < -0.39 is 0 Å². The maximum absolute atomic E-state index is 13.8. The van der Waals surface area contributed by atoms with Crippen LogP contribution in [-0.2, 0) is 11.2 Å². The molecule has 1 aliphatic heterocycles. The Bertz CT molecular complexity index is 787. The van der Waals surface area contributed by atoms with Crippen molar-refractivity contribution in [3.63, 3.8) is 0 Å². The van der Waals surface area contributed by atoms with Gasteiger partial charge in [-0.05, 0) is 44.0 Å². The summed E-state index contributed by atoms with van der Waals surface area (Å²) in [6.07, 6.45) is 0.599. The number of guanidine groups is 1.